The number of ether oxygens (including phenoxy) is 1. The first-order chi connectivity index (χ1) is 4.72. The first-order valence-corrected chi connectivity index (χ1v) is 3.52. The topological polar surface area (TPSA) is 26.3 Å². The van der Waals surface area contributed by atoms with Gasteiger partial charge >= 0.3 is 0 Å². The Morgan fingerprint density at radius 1 is 1.70 bits per heavy atom. The maximum absolute atomic E-state index is 10.9. The fraction of sp³-hybridized carbons (Fsp3) is 0.625. The van der Waals surface area contributed by atoms with Gasteiger partial charge in [0.15, 0.2) is 0 Å². The van der Waals surface area contributed by atoms with Gasteiger partial charge in [-0.3, -0.25) is 4.79 Å². The van der Waals surface area contributed by atoms with E-state index in [0.29, 0.717) is 0 Å². The van der Waals surface area contributed by atoms with Gasteiger partial charge in [-0.15, -0.1) is 0 Å². The molecule has 0 bridgehead atoms. The minimum Gasteiger partial charge on any atom is -0.498 e. The lowest BCUT2D eigenvalue weighted by Crippen LogP contribution is -2.27. The molecule has 2 heteroatoms. The van der Waals surface area contributed by atoms with Crippen molar-refractivity contribution >= 4 is 5.78 Å². The van der Waals surface area contributed by atoms with Crippen LogP contribution in [-0.4, -0.2) is 11.9 Å². The Kier molecular flexibility index (Phi) is 2.10. The summed E-state index contributed by atoms with van der Waals surface area (Å²) in [6.45, 7) is 3.54. The second kappa shape index (κ2) is 2.86. The highest BCUT2D eigenvalue weighted by atomic mass is 16.5. The van der Waals surface area contributed by atoms with Gasteiger partial charge < -0.3 is 4.74 Å². The first kappa shape index (κ1) is 7.32. The van der Waals surface area contributed by atoms with Crippen LogP contribution in [0.25, 0.3) is 0 Å². The molecular formula is C8H12O2. The number of allylic oxidation sites excluding steroid dienone is 1. The zero-order valence-electron chi connectivity index (χ0n) is 6.33. The van der Waals surface area contributed by atoms with Crippen LogP contribution in [0, 0.1) is 5.92 Å². The molecule has 0 aliphatic carbocycles. The molecule has 1 aliphatic heterocycles. The predicted molar refractivity (Wildman–Crippen MR) is 38.5 cm³/mol. The molecule has 0 aromatic rings. The maximum atomic E-state index is 10.9. The molecule has 10 heavy (non-hydrogen) atoms. The van der Waals surface area contributed by atoms with Crippen LogP contribution in [0.1, 0.15) is 20.3 Å². The average Bonchev–Trinajstić information content (AvgIpc) is 1.88. The Bertz CT molecular complexity index is 161. The smallest absolute Gasteiger partial charge is 0.136 e. The van der Waals surface area contributed by atoms with Gasteiger partial charge in [-0.05, 0) is 26.3 Å². The third-order valence-corrected chi connectivity index (χ3v) is 1.87. The second-order valence-electron chi connectivity index (χ2n) is 2.67. The van der Waals surface area contributed by atoms with E-state index < -0.39 is 0 Å². The van der Waals surface area contributed by atoms with Crippen LogP contribution in [-0.2, 0) is 9.53 Å². The highest BCUT2D eigenvalue weighted by molar-refractivity contribution is 5.79. The van der Waals surface area contributed by atoms with Crippen molar-refractivity contribution in [3.8, 4) is 0 Å². The molecule has 0 fully saturated rings. The molecule has 0 saturated carbocycles. The minimum atomic E-state index is 0.0579. The molecule has 0 aromatic carbocycles. The van der Waals surface area contributed by atoms with Crippen molar-refractivity contribution in [2.75, 3.05) is 0 Å². The number of carbonyl (C=O) groups is 1. The summed E-state index contributed by atoms with van der Waals surface area (Å²) in [6, 6.07) is 0. The zero-order chi connectivity index (χ0) is 7.56. The van der Waals surface area contributed by atoms with E-state index in [1.807, 2.05) is 13.0 Å². The molecule has 2 unspecified atom stereocenters. The van der Waals surface area contributed by atoms with E-state index in [2.05, 4.69) is 0 Å². The lowest BCUT2D eigenvalue weighted by Gasteiger charge is -2.23. The van der Waals surface area contributed by atoms with Gasteiger partial charge in [-0.2, -0.15) is 0 Å². The van der Waals surface area contributed by atoms with Gasteiger partial charge in [-0.1, -0.05) is 0 Å². The van der Waals surface area contributed by atoms with Gasteiger partial charge in [-0.25, -0.2) is 0 Å². The fourth-order valence-corrected chi connectivity index (χ4v) is 1.16. The highest BCUT2D eigenvalue weighted by Gasteiger charge is 2.23. The number of rotatable bonds is 1. The third-order valence-electron chi connectivity index (χ3n) is 1.87. The average molecular weight is 140 g/mol. The summed E-state index contributed by atoms with van der Waals surface area (Å²) in [5.41, 5.74) is 0. The highest BCUT2D eigenvalue weighted by Crippen LogP contribution is 2.18. The molecule has 1 rings (SSSR count). The fourth-order valence-electron chi connectivity index (χ4n) is 1.16. The molecule has 1 aliphatic rings. The monoisotopic (exact) mass is 140 g/mol. The number of hydrogen-bond donors (Lipinski definition) is 0. The van der Waals surface area contributed by atoms with Crippen molar-refractivity contribution in [2.24, 2.45) is 5.92 Å². The number of carbonyl (C=O) groups excluding carboxylic acids is 1. The molecular weight excluding hydrogens is 128 g/mol. The van der Waals surface area contributed by atoms with E-state index >= 15 is 0 Å². The normalized spacial score (nSPS) is 31.4. The summed E-state index contributed by atoms with van der Waals surface area (Å²) in [5.74, 6) is 0.293. The van der Waals surface area contributed by atoms with Crippen LogP contribution in [0.15, 0.2) is 12.3 Å². The Labute approximate surface area is 60.9 Å². The lowest BCUT2D eigenvalue weighted by atomic mass is 9.94. The van der Waals surface area contributed by atoms with Gasteiger partial charge in [0.1, 0.15) is 11.9 Å². The second-order valence-corrected chi connectivity index (χ2v) is 2.67. The van der Waals surface area contributed by atoms with Gasteiger partial charge in [0.2, 0.25) is 0 Å². The summed E-state index contributed by atoms with van der Waals surface area (Å²) < 4.78 is 5.15. The van der Waals surface area contributed by atoms with Crippen LogP contribution >= 0.6 is 0 Å². The van der Waals surface area contributed by atoms with Crippen molar-refractivity contribution in [1.29, 1.82) is 0 Å². The minimum absolute atomic E-state index is 0.0579. The van der Waals surface area contributed by atoms with E-state index in [0.717, 1.165) is 6.42 Å². The summed E-state index contributed by atoms with van der Waals surface area (Å²) in [7, 11) is 0. The SMILES string of the molecule is CC(=O)C1CC=COC1C. The van der Waals surface area contributed by atoms with E-state index in [9.17, 15) is 4.79 Å². The van der Waals surface area contributed by atoms with Crippen molar-refractivity contribution in [1.82, 2.24) is 0 Å². The molecule has 2 nitrogen and oxygen atoms in total. The Morgan fingerprint density at radius 3 is 2.80 bits per heavy atom. The van der Waals surface area contributed by atoms with Crippen LogP contribution in [0.4, 0.5) is 0 Å². The number of hydrogen-bond acceptors (Lipinski definition) is 2. The summed E-state index contributed by atoms with van der Waals surface area (Å²) in [4.78, 5) is 10.9. The molecule has 2 atom stereocenters. The third kappa shape index (κ3) is 1.38. The van der Waals surface area contributed by atoms with Crippen molar-refractivity contribution in [3.63, 3.8) is 0 Å². The van der Waals surface area contributed by atoms with E-state index in [1.54, 1.807) is 13.2 Å². The zero-order valence-corrected chi connectivity index (χ0v) is 6.33. The molecule has 0 saturated heterocycles. The van der Waals surface area contributed by atoms with Crippen LogP contribution < -0.4 is 0 Å². The molecule has 56 valence electrons. The molecule has 0 amide bonds. The van der Waals surface area contributed by atoms with Gasteiger partial charge in [0.25, 0.3) is 0 Å². The summed E-state index contributed by atoms with van der Waals surface area (Å²) in [6.07, 6.45) is 4.45. The van der Waals surface area contributed by atoms with Crippen molar-refractivity contribution in [2.45, 2.75) is 26.4 Å². The van der Waals surface area contributed by atoms with Crippen molar-refractivity contribution < 1.29 is 9.53 Å². The van der Waals surface area contributed by atoms with Crippen LogP contribution in [0.2, 0.25) is 0 Å². The quantitative estimate of drug-likeness (QED) is 0.552. The van der Waals surface area contributed by atoms with E-state index in [1.165, 1.54) is 0 Å². The molecule has 0 spiro atoms. The Hall–Kier alpha value is -0.790. The predicted octanol–water partition coefficient (Wildman–Crippen LogP) is 1.51. The first-order valence-electron chi connectivity index (χ1n) is 3.52. The van der Waals surface area contributed by atoms with Crippen molar-refractivity contribution in [3.05, 3.63) is 12.3 Å². The maximum Gasteiger partial charge on any atom is 0.136 e. The molecule has 1 heterocycles. The lowest BCUT2D eigenvalue weighted by molar-refractivity contribution is -0.124. The van der Waals surface area contributed by atoms with E-state index in [-0.39, 0.29) is 17.8 Å². The van der Waals surface area contributed by atoms with E-state index in [4.69, 9.17) is 4.74 Å². The Balaban J connectivity index is 2.59. The number of ketones is 1. The standard InChI is InChI=1S/C8H12O2/c1-6(9)8-4-3-5-10-7(8)2/h3,5,7-8H,4H2,1-2H3. The Morgan fingerprint density at radius 2 is 2.40 bits per heavy atom. The number of Topliss-reactive ketones (excluding diaryl/α,β-unsaturated/α-hetero) is 1. The molecule has 0 radical (unpaired) electrons. The van der Waals surface area contributed by atoms with Gasteiger partial charge in [0.05, 0.1) is 12.2 Å². The summed E-state index contributed by atoms with van der Waals surface area (Å²) >= 11 is 0. The largest absolute Gasteiger partial charge is 0.498 e. The molecule has 0 aromatic heterocycles. The van der Waals surface area contributed by atoms with Crippen LogP contribution in [0.5, 0.6) is 0 Å². The molecule has 0 N–H and O–H groups in total. The van der Waals surface area contributed by atoms with Crippen LogP contribution in [0.3, 0.4) is 0 Å². The van der Waals surface area contributed by atoms with Gasteiger partial charge in [0, 0.05) is 0 Å². The summed E-state index contributed by atoms with van der Waals surface area (Å²) in [5, 5.41) is 0.